The third-order valence-electron chi connectivity index (χ3n) is 5.84. The van der Waals surface area contributed by atoms with E-state index in [9.17, 15) is 18.5 Å². The predicted octanol–water partition coefficient (Wildman–Crippen LogP) is 4.28. The molecule has 1 unspecified atom stereocenters. The number of sulfonamides is 1. The van der Waals surface area contributed by atoms with E-state index in [0.29, 0.717) is 11.3 Å². The number of nitriles is 1. The lowest BCUT2D eigenvalue weighted by atomic mass is 10.1. The van der Waals surface area contributed by atoms with Crippen molar-refractivity contribution in [1.82, 2.24) is 14.2 Å². The maximum atomic E-state index is 13.5. The highest BCUT2D eigenvalue weighted by Gasteiger charge is 2.31. The van der Waals surface area contributed by atoms with E-state index in [1.165, 1.54) is 11.0 Å². The van der Waals surface area contributed by atoms with Gasteiger partial charge < -0.3 is 9.47 Å². The average molecular weight is 499 g/mol. The van der Waals surface area contributed by atoms with Crippen molar-refractivity contribution in [2.45, 2.75) is 43.8 Å². The Morgan fingerprint density at radius 1 is 1.15 bits per heavy atom. The van der Waals surface area contributed by atoms with Crippen LogP contribution in [0, 0.1) is 18.3 Å². The minimum Gasteiger partial charge on any atom is -0.339 e. The molecule has 0 aliphatic heterocycles. The van der Waals surface area contributed by atoms with Gasteiger partial charge >= 0.3 is 0 Å². The molecule has 34 heavy (non-hydrogen) atoms. The van der Waals surface area contributed by atoms with Crippen molar-refractivity contribution >= 4 is 27.5 Å². The topological polar surface area (TPSA) is 95.2 Å². The van der Waals surface area contributed by atoms with Gasteiger partial charge in [-0.25, -0.2) is 8.42 Å². The highest BCUT2D eigenvalue weighted by atomic mass is 35.5. The van der Waals surface area contributed by atoms with Crippen LogP contribution in [-0.4, -0.2) is 36.9 Å². The molecule has 0 fully saturated rings. The van der Waals surface area contributed by atoms with Gasteiger partial charge in [-0.1, -0.05) is 54.1 Å². The standard InChI is InChI=1S/C25H27ClN4O3S/c1-18-9-7-13-22(26)24(18)34(32,33)28-23(14-16-30-15-8-12-21(30)17-27)25(31)29(3)19(2)20-10-5-4-6-11-20/h4-13,15,19,23,28H,14,16H2,1-3H3/t19-,23?/m0/s1. The van der Waals surface area contributed by atoms with Crippen LogP contribution in [0.15, 0.2) is 71.8 Å². The van der Waals surface area contributed by atoms with E-state index in [1.54, 1.807) is 49.0 Å². The Morgan fingerprint density at radius 3 is 2.50 bits per heavy atom. The van der Waals surface area contributed by atoms with Crippen LogP contribution in [0.5, 0.6) is 0 Å². The quantitative estimate of drug-likeness (QED) is 0.476. The maximum Gasteiger partial charge on any atom is 0.243 e. The Balaban J connectivity index is 1.91. The lowest BCUT2D eigenvalue weighted by Crippen LogP contribution is -2.48. The predicted molar refractivity (Wildman–Crippen MR) is 132 cm³/mol. The molecular formula is C25H27ClN4O3S. The van der Waals surface area contributed by atoms with Crippen molar-refractivity contribution in [3.63, 3.8) is 0 Å². The summed E-state index contributed by atoms with van der Waals surface area (Å²) in [4.78, 5) is 15.0. The smallest absolute Gasteiger partial charge is 0.243 e. The first-order chi connectivity index (χ1) is 16.2. The number of halogens is 1. The highest BCUT2D eigenvalue weighted by Crippen LogP contribution is 2.26. The molecular weight excluding hydrogens is 472 g/mol. The van der Waals surface area contributed by atoms with Crippen molar-refractivity contribution in [3.05, 3.63) is 88.7 Å². The van der Waals surface area contributed by atoms with Crippen LogP contribution in [0.25, 0.3) is 0 Å². The minimum absolute atomic E-state index is 0.0492. The Hall–Kier alpha value is -3.12. The molecule has 3 aromatic rings. The third kappa shape index (κ3) is 5.68. The molecule has 2 atom stereocenters. The van der Waals surface area contributed by atoms with Gasteiger partial charge in [0.2, 0.25) is 15.9 Å². The number of aromatic nitrogens is 1. The van der Waals surface area contributed by atoms with Crippen LogP contribution in [-0.2, 0) is 21.4 Å². The summed E-state index contributed by atoms with van der Waals surface area (Å²) in [5, 5.41) is 9.38. The van der Waals surface area contributed by atoms with E-state index in [0.717, 1.165) is 5.56 Å². The zero-order valence-electron chi connectivity index (χ0n) is 19.3. The van der Waals surface area contributed by atoms with Gasteiger partial charge in [-0.3, -0.25) is 4.79 Å². The molecule has 0 radical (unpaired) electrons. The Kier molecular flexibility index (Phi) is 8.15. The molecule has 0 bridgehead atoms. The molecule has 1 aromatic heterocycles. The Morgan fingerprint density at radius 2 is 1.85 bits per heavy atom. The van der Waals surface area contributed by atoms with E-state index >= 15 is 0 Å². The summed E-state index contributed by atoms with van der Waals surface area (Å²) in [6, 6.07) is 18.5. The number of amides is 1. The van der Waals surface area contributed by atoms with Crippen LogP contribution < -0.4 is 4.72 Å². The van der Waals surface area contributed by atoms with Crippen LogP contribution in [0.1, 0.15) is 36.2 Å². The van der Waals surface area contributed by atoms with E-state index in [-0.39, 0.29) is 34.8 Å². The SMILES string of the molecule is Cc1cccc(Cl)c1S(=O)(=O)NC(CCn1cccc1C#N)C(=O)N(C)[C@@H](C)c1ccccc1. The number of benzene rings is 2. The first kappa shape index (κ1) is 25.5. The van der Waals surface area contributed by atoms with Gasteiger partial charge in [0.25, 0.3) is 0 Å². The van der Waals surface area contributed by atoms with E-state index in [2.05, 4.69) is 10.8 Å². The molecule has 0 saturated carbocycles. The zero-order chi connectivity index (χ0) is 24.9. The van der Waals surface area contributed by atoms with Crippen molar-refractivity contribution < 1.29 is 13.2 Å². The molecule has 7 nitrogen and oxygen atoms in total. The fraction of sp³-hybridized carbons (Fsp3) is 0.280. The number of hydrogen-bond donors (Lipinski definition) is 1. The molecule has 9 heteroatoms. The van der Waals surface area contributed by atoms with E-state index < -0.39 is 16.1 Å². The van der Waals surface area contributed by atoms with Crippen LogP contribution in [0.4, 0.5) is 0 Å². The summed E-state index contributed by atoms with van der Waals surface area (Å²) in [7, 11) is -2.45. The summed E-state index contributed by atoms with van der Waals surface area (Å²) in [5.41, 5.74) is 1.84. The molecule has 0 aliphatic rings. The van der Waals surface area contributed by atoms with Crippen molar-refractivity contribution in [2.75, 3.05) is 7.05 Å². The van der Waals surface area contributed by atoms with Gasteiger partial charge in [0.05, 0.1) is 11.1 Å². The Bertz CT molecular complexity index is 1280. The van der Waals surface area contributed by atoms with Crippen LogP contribution in [0.2, 0.25) is 5.02 Å². The summed E-state index contributed by atoms with van der Waals surface area (Å²) in [6.45, 7) is 3.82. The summed E-state index contributed by atoms with van der Waals surface area (Å²) in [6.07, 6.45) is 1.87. The molecule has 0 saturated heterocycles. The van der Waals surface area contributed by atoms with Gasteiger partial charge in [-0.05, 0) is 49.6 Å². The molecule has 1 N–H and O–H groups in total. The number of nitrogens with zero attached hydrogens (tertiary/aromatic N) is 3. The van der Waals surface area contributed by atoms with Gasteiger partial charge in [0.1, 0.15) is 22.7 Å². The second-order valence-electron chi connectivity index (χ2n) is 8.08. The van der Waals surface area contributed by atoms with E-state index in [4.69, 9.17) is 11.6 Å². The largest absolute Gasteiger partial charge is 0.339 e. The second-order valence-corrected chi connectivity index (χ2v) is 10.1. The molecule has 2 aromatic carbocycles. The molecule has 1 heterocycles. The molecule has 178 valence electrons. The number of rotatable bonds is 9. The first-order valence-corrected chi connectivity index (χ1v) is 12.7. The lowest BCUT2D eigenvalue weighted by Gasteiger charge is -2.30. The highest BCUT2D eigenvalue weighted by molar-refractivity contribution is 7.89. The fourth-order valence-electron chi connectivity index (χ4n) is 3.81. The zero-order valence-corrected chi connectivity index (χ0v) is 20.8. The fourth-order valence-corrected chi connectivity index (χ4v) is 5.86. The van der Waals surface area contributed by atoms with Gasteiger partial charge in [0.15, 0.2) is 0 Å². The van der Waals surface area contributed by atoms with Crippen molar-refractivity contribution in [1.29, 1.82) is 5.26 Å². The minimum atomic E-state index is -4.10. The van der Waals surface area contributed by atoms with Gasteiger partial charge in [-0.2, -0.15) is 9.98 Å². The van der Waals surface area contributed by atoms with Gasteiger partial charge in [0, 0.05) is 19.8 Å². The lowest BCUT2D eigenvalue weighted by molar-refractivity contribution is -0.133. The Labute approximate surface area is 205 Å². The number of aryl methyl sites for hydroxylation is 2. The van der Waals surface area contributed by atoms with Crippen LogP contribution in [0.3, 0.4) is 0 Å². The number of nitrogens with one attached hydrogen (secondary N) is 1. The number of hydrogen-bond acceptors (Lipinski definition) is 4. The monoisotopic (exact) mass is 498 g/mol. The number of likely N-dealkylation sites (N-methyl/N-ethyl adjacent to an activating group) is 1. The normalized spacial score (nSPS) is 13.1. The maximum absolute atomic E-state index is 13.5. The average Bonchev–Trinajstić information content (AvgIpc) is 3.28. The molecule has 3 rings (SSSR count). The first-order valence-electron chi connectivity index (χ1n) is 10.8. The van der Waals surface area contributed by atoms with E-state index in [1.807, 2.05) is 37.3 Å². The molecule has 1 amide bonds. The van der Waals surface area contributed by atoms with Crippen molar-refractivity contribution in [2.24, 2.45) is 0 Å². The second kappa shape index (κ2) is 10.9. The summed E-state index contributed by atoms with van der Waals surface area (Å²) < 4.78 is 30.9. The summed E-state index contributed by atoms with van der Waals surface area (Å²) >= 11 is 6.21. The molecule has 0 spiro atoms. The van der Waals surface area contributed by atoms with Crippen molar-refractivity contribution in [3.8, 4) is 6.07 Å². The summed E-state index contributed by atoms with van der Waals surface area (Å²) in [5.74, 6) is -0.379. The van der Waals surface area contributed by atoms with Gasteiger partial charge in [-0.15, -0.1) is 0 Å². The molecule has 0 aliphatic carbocycles. The third-order valence-corrected chi connectivity index (χ3v) is 7.94. The number of carbonyl (C=O) groups excluding carboxylic acids is 1. The number of carbonyl (C=O) groups is 1. The van der Waals surface area contributed by atoms with Crippen LogP contribution >= 0.6 is 11.6 Å².